The predicted octanol–water partition coefficient (Wildman–Crippen LogP) is 5.50. The Morgan fingerprint density at radius 1 is 0.889 bits per heavy atom. The van der Waals surface area contributed by atoms with Crippen LogP contribution in [0.15, 0.2) is 48.7 Å². The van der Waals surface area contributed by atoms with Crippen molar-refractivity contribution in [3.8, 4) is 23.0 Å². The number of fused-ring (bicyclic) bond motifs is 2. The quantitative estimate of drug-likeness (QED) is 0.376. The van der Waals surface area contributed by atoms with Crippen LogP contribution in [0.1, 0.15) is 55.0 Å². The van der Waals surface area contributed by atoms with Gasteiger partial charge in [0.15, 0.2) is 11.8 Å². The number of pyridine rings is 1. The molecule has 0 unspecified atom stereocenters. The molecule has 3 aromatic heterocycles. The van der Waals surface area contributed by atoms with Gasteiger partial charge in [-0.2, -0.15) is 0 Å². The van der Waals surface area contributed by atoms with E-state index in [1.54, 1.807) is 16.7 Å². The van der Waals surface area contributed by atoms with Crippen molar-refractivity contribution in [1.29, 1.82) is 0 Å². The fraction of sp³-hybridized carbons (Fsp3) is 0.414. The zero-order chi connectivity index (χ0) is 24.6. The molecule has 6 nitrogen and oxygen atoms in total. The molecule has 1 aliphatic carbocycles. The molecule has 4 aromatic rings. The van der Waals surface area contributed by atoms with Gasteiger partial charge in [-0.1, -0.05) is 6.07 Å². The van der Waals surface area contributed by atoms with Crippen molar-refractivity contribution in [3.63, 3.8) is 0 Å². The second-order valence-electron chi connectivity index (χ2n) is 10.2. The van der Waals surface area contributed by atoms with Gasteiger partial charge in [0.05, 0.1) is 11.2 Å². The van der Waals surface area contributed by atoms with Crippen molar-refractivity contribution in [3.05, 3.63) is 71.4 Å². The molecule has 188 valence electrons. The first-order chi connectivity index (χ1) is 17.6. The molecule has 2 aliphatic rings. The number of aromatic hydroxyl groups is 2. The average molecular weight is 489 g/mol. The third-order valence-corrected chi connectivity index (χ3v) is 8.02. The molecule has 2 N–H and O–H groups in total. The number of halogens is 1. The molecule has 1 aromatic carbocycles. The molecule has 36 heavy (non-hydrogen) atoms. The van der Waals surface area contributed by atoms with Crippen LogP contribution in [-0.4, -0.2) is 48.7 Å². The number of hydrogen-bond acceptors (Lipinski definition) is 4. The van der Waals surface area contributed by atoms with E-state index in [1.165, 1.54) is 12.1 Å². The summed E-state index contributed by atoms with van der Waals surface area (Å²) in [6.45, 7) is 3.57. The molecular formula is C29H33FN4O2. The zero-order valence-electron chi connectivity index (χ0n) is 20.5. The molecule has 4 heterocycles. The van der Waals surface area contributed by atoms with Crippen molar-refractivity contribution >= 4 is 5.52 Å². The lowest BCUT2D eigenvalue weighted by Crippen LogP contribution is -2.34. The summed E-state index contributed by atoms with van der Waals surface area (Å²) in [6.07, 6.45) is 8.91. The molecule has 0 spiro atoms. The van der Waals surface area contributed by atoms with Crippen LogP contribution in [0.4, 0.5) is 4.39 Å². The first kappa shape index (κ1) is 23.1. The van der Waals surface area contributed by atoms with E-state index in [0.717, 1.165) is 98.3 Å². The summed E-state index contributed by atoms with van der Waals surface area (Å²) in [5.41, 5.74) is 4.79. The molecule has 0 radical (unpaired) electrons. The minimum atomic E-state index is -0.239. The molecule has 1 saturated heterocycles. The number of aromatic nitrogens is 3. The molecule has 7 heteroatoms. The van der Waals surface area contributed by atoms with Gasteiger partial charge in [-0.25, -0.2) is 9.37 Å². The van der Waals surface area contributed by atoms with E-state index in [0.29, 0.717) is 12.5 Å². The smallest absolute Gasteiger partial charge is 0.197 e. The Labute approximate surface area is 210 Å². The van der Waals surface area contributed by atoms with E-state index >= 15 is 0 Å². The number of imidazole rings is 1. The van der Waals surface area contributed by atoms with Crippen molar-refractivity contribution < 1.29 is 14.6 Å². The number of nitrogens with zero attached hydrogens (tertiary/aromatic N) is 4. The number of likely N-dealkylation sites (tertiary alicyclic amines) is 1. The van der Waals surface area contributed by atoms with Crippen molar-refractivity contribution in [2.45, 2.75) is 57.4 Å². The zero-order valence-corrected chi connectivity index (χ0v) is 20.5. The summed E-state index contributed by atoms with van der Waals surface area (Å²) < 4.78 is 17.4. The number of benzene rings is 1. The highest BCUT2D eigenvalue weighted by Crippen LogP contribution is 2.39. The van der Waals surface area contributed by atoms with Gasteiger partial charge in [0.2, 0.25) is 0 Å². The maximum Gasteiger partial charge on any atom is 0.197 e. The van der Waals surface area contributed by atoms with Gasteiger partial charge in [0, 0.05) is 35.3 Å². The Morgan fingerprint density at radius 2 is 1.58 bits per heavy atom. The summed E-state index contributed by atoms with van der Waals surface area (Å²) in [4.78, 5) is 7.53. The Kier molecular flexibility index (Phi) is 6.17. The van der Waals surface area contributed by atoms with E-state index in [1.807, 2.05) is 12.1 Å². The Balaban J connectivity index is 1.11. The molecule has 1 fully saturated rings. The Morgan fingerprint density at radius 3 is 2.28 bits per heavy atom. The van der Waals surface area contributed by atoms with E-state index in [9.17, 15) is 14.6 Å². The van der Waals surface area contributed by atoms with Crippen LogP contribution in [0.25, 0.3) is 16.8 Å². The Hall–Kier alpha value is -3.32. The summed E-state index contributed by atoms with van der Waals surface area (Å²) in [7, 11) is 0. The molecule has 0 saturated carbocycles. The maximum atomic E-state index is 13.5. The average Bonchev–Trinajstić information content (AvgIpc) is 3.41. The third kappa shape index (κ3) is 4.15. The van der Waals surface area contributed by atoms with Gasteiger partial charge in [0.25, 0.3) is 0 Å². The van der Waals surface area contributed by atoms with Crippen LogP contribution in [0.2, 0.25) is 0 Å². The van der Waals surface area contributed by atoms with E-state index in [2.05, 4.69) is 21.6 Å². The van der Waals surface area contributed by atoms with Crippen LogP contribution in [0, 0.1) is 5.82 Å². The molecule has 1 aliphatic heterocycles. The minimum Gasteiger partial charge on any atom is -0.494 e. The largest absolute Gasteiger partial charge is 0.494 e. The second-order valence-corrected chi connectivity index (χ2v) is 10.2. The van der Waals surface area contributed by atoms with E-state index in [4.69, 9.17) is 4.98 Å². The topological polar surface area (TPSA) is 65.9 Å². The fourth-order valence-electron chi connectivity index (χ4n) is 6.07. The number of piperidine rings is 1. The minimum absolute atomic E-state index is 0.239. The van der Waals surface area contributed by atoms with Gasteiger partial charge < -0.3 is 19.5 Å². The molecule has 6 rings (SSSR count). The van der Waals surface area contributed by atoms with Crippen LogP contribution >= 0.6 is 0 Å². The fourth-order valence-corrected chi connectivity index (χ4v) is 6.07. The molecular weight excluding hydrogens is 455 g/mol. The monoisotopic (exact) mass is 488 g/mol. The second kappa shape index (κ2) is 9.62. The normalized spacial score (nSPS) is 17.0. The Bertz CT molecular complexity index is 1340. The van der Waals surface area contributed by atoms with Crippen LogP contribution in [0.5, 0.6) is 11.8 Å². The van der Waals surface area contributed by atoms with Crippen molar-refractivity contribution in [2.24, 2.45) is 0 Å². The van der Waals surface area contributed by atoms with Gasteiger partial charge in [0.1, 0.15) is 11.6 Å². The van der Waals surface area contributed by atoms with Gasteiger partial charge in [-0.05, 0) is 101 Å². The summed E-state index contributed by atoms with van der Waals surface area (Å²) in [6, 6.07) is 12.7. The molecule has 0 amide bonds. The summed E-state index contributed by atoms with van der Waals surface area (Å²) in [5.74, 6) is 1.75. The SMILES string of the molecule is Oc1c2c(c(O)n1CCCN1CCC(c3nc(-c4ccc(F)cc4)c4ccccn34)CC1)CCCC2. The van der Waals surface area contributed by atoms with Crippen LogP contribution in [0.3, 0.4) is 0 Å². The highest BCUT2D eigenvalue weighted by Gasteiger charge is 2.27. The van der Waals surface area contributed by atoms with Crippen molar-refractivity contribution in [2.75, 3.05) is 19.6 Å². The van der Waals surface area contributed by atoms with Gasteiger partial charge in [-0.15, -0.1) is 0 Å². The number of hydrogen-bond donors (Lipinski definition) is 2. The maximum absolute atomic E-state index is 13.5. The number of rotatable bonds is 6. The van der Waals surface area contributed by atoms with E-state index in [-0.39, 0.29) is 17.6 Å². The lowest BCUT2D eigenvalue weighted by Gasteiger charge is -2.31. The van der Waals surface area contributed by atoms with Crippen molar-refractivity contribution in [1.82, 2.24) is 18.9 Å². The highest BCUT2D eigenvalue weighted by molar-refractivity contribution is 5.77. The first-order valence-electron chi connectivity index (χ1n) is 13.2. The lowest BCUT2D eigenvalue weighted by molar-refractivity contribution is 0.202. The lowest BCUT2D eigenvalue weighted by atomic mass is 9.95. The van der Waals surface area contributed by atoms with E-state index < -0.39 is 0 Å². The third-order valence-electron chi connectivity index (χ3n) is 8.02. The summed E-state index contributed by atoms with van der Waals surface area (Å²) in [5, 5.41) is 21.2. The van der Waals surface area contributed by atoms with Gasteiger partial charge >= 0.3 is 0 Å². The molecule has 0 atom stereocenters. The molecule has 0 bridgehead atoms. The van der Waals surface area contributed by atoms with Gasteiger partial charge in [-0.3, -0.25) is 4.57 Å². The predicted molar refractivity (Wildman–Crippen MR) is 138 cm³/mol. The highest BCUT2D eigenvalue weighted by atomic mass is 19.1. The standard InChI is InChI=1S/C29H33FN4O2/c30-22-11-9-20(10-12-22)26-25-8-3-4-16-33(25)27(31-26)21-13-18-32(19-14-21)15-5-17-34-28(35)23-6-1-2-7-24(23)29(34)36/h3-4,8-12,16,21,35-36H,1-2,5-7,13-15,17-19H2. The van der Waals surface area contributed by atoms with Crippen LogP contribution < -0.4 is 0 Å². The first-order valence-corrected chi connectivity index (χ1v) is 13.2. The summed E-state index contributed by atoms with van der Waals surface area (Å²) >= 11 is 0. The van der Waals surface area contributed by atoms with Crippen LogP contribution in [-0.2, 0) is 19.4 Å².